The zero-order chi connectivity index (χ0) is 18.7. The summed E-state index contributed by atoms with van der Waals surface area (Å²) in [4.78, 5) is 32.6. The van der Waals surface area contributed by atoms with Crippen molar-refractivity contribution in [3.8, 4) is 0 Å². The molecule has 2 aromatic rings. The van der Waals surface area contributed by atoms with Crippen LogP contribution in [0.15, 0.2) is 22.0 Å². The lowest BCUT2D eigenvalue weighted by Gasteiger charge is -2.34. The van der Waals surface area contributed by atoms with Gasteiger partial charge in [0.25, 0.3) is 0 Å². The second-order valence-electron chi connectivity index (χ2n) is 6.61. The van der Waals surface area contributed by atoms with Crippen molar-refractivity contribution in [3.05, 3.63) is 42.2 Å². The molecule has 1 aliphatic rings. The molecule has 0 N–H and O–H groups in total. The lowest BCUT2D eigenvalue weighted by Crippen LogP contribution is -2.48. The second-order valence-corrected chi connectivity index (χ2v) is 10.6. The number of carbonyl (C=O) groups excluding carboxylic acids is 2. The number of carbonyl (C=O) groups is 2. The molecule has 1 fully saturated rings. The van der Waals surface area contributed by atoms with Crippen LogP contribution in [0.1, 0.15) is 37.8 Å². The van der Waals surface area contributed by atoms with Crippen LogP contribution in [0.4, 0.5) is 0 Å². The van der Waals surface area contributed by atoms with E-state index in [0.29, 0.717) is 12.8 Å². The van der Waals surface area contributed by atoms with E-state index in [2.05, 4.69) is 33.0 Å². The molecule has 0 saturated carbocycles. The number of Topliss-reactive ketones (excluding diaryl/α,β-unsaturated/α-hetero) is 1. The van der Waals surface area contributed by atoms with E-state index in [4.69, 9.17) is 0 Å². The molecule has 1 amide bonds. The molecule has 0 atom stereocenters. The van der Waals surface area contributed by atoms with Crippen molar-refractivity contribution < 1.29 is 9.59 Å². The SMILES string of the molecule is Cc1cc(C(=O)CCC(=O)N2CCN(Cc3ccc(Br)s3)CC2)c(C)s1. The van der Waals surface area contributed by atoms with Crippen LogP contribution in [0.2, 0.25) is 0 Å². The Kier molecular flexibility index (Phi) is 6.66. The molecule has 140 valence electrons. The van der Waals surface area contributed by atoms with Crippen LogP contribution in [-0.4, -0.2) is 47.7 Å². The Morgan fingerprint density at radius 2 is 1.81 bits per heavy atom. The van der Waals surface area contributed by atoms with Crippen LogP contribution in [0.3, 0.4) is 0 Å². The Morgan fingerprint density at radius 3 is 2.38 bits per heavy atom. The van der Waals surface area contributed by atoms with Gasteiger partial charge in [-0.05, 0) is 48.0 Å². The predicted molar refractivity (Wildman–Crippen MR) is 111 cm³/mol. The van der Waals surface area contributed by atoms with Crippen LogP contribution in [0.25, 0.3) is 0 Å². The number of hydrogen-bond acceptors (Lipinski definition) is 5. The van der Waals surface area contributed by atoms with Crippen molar-refractivity contribution in [2.45, 2.75) is 33.2 Å². The lowest BCUT2D eigenvalue weighted by molar-refractivity contribution is -0.132. The highest BCUT2D eigenvalue weighted by Gasteiger charge is 2.22. The zero-order valence-corrected chi connectivity index (χ0v) is 18.3. The number of halogens is 1. The number of amides is 1. The van der Waals surface area contributed by atoms with E-state index in [1.54, 1.807) is 22.7 Å². The Hall–Kier alpha value is -1.02. The van der Waals surface area contributed by atoms with Gasteiger partial charge in [-0.25, -0.2) is 0 Å². The number of rotatable bonds is 6. The molecular weight excluding hydrogens is 432 g/mol. The number of thiophene rings is 2. The van der Waals surface area contributed by atoms with E-state index in [0.717, 1.165) is 51.8 Å². The van der Waals surface area contributed by atoms with Crippen LogP contribution in [0, 0.1) is 13.8 Å². The molecule has 1 saturated heterocycles. The first-order valence-corrected chi connectivity index (χ1v) is 11.2. The van der Waals surface area contributed by atoms with Gasteiger partial charge in [-0.3, -0.25) is 14.5 Å². The molecular formula is C19H23BrN2O2S2. The van der Waals surface area contributed by atoms with Gasteiger partial charge in [-0.15, -0.1) is 22.7 Å². The van der Waals surface area contributed by atoms with Crippen molar-refractivity contribution in [2.24, 2.45) is 0 Å². The molecule has 3 heterocycles. The molecule has 3 rings (SSSR count). The summed E-state index contributed by atoms with van der Waals surface area (Å²) < 4.78 is 1.15. The quantitative estimate of drug-likeness (QED) is 0.603. The van der Waals surface area contributed by atoms with E-state index in [1.807, 2.05) is 24.8 Å². The van der Waals surface area contributed by atoms with Crippen LogP contribution < -0.4 is 0 Å². The van der Waals surface area contributed by atoms with Crippen LogP contribution in [-0.2, 0) is 11.3 Å². The standard InChI is InChI=1S/C19H23BrN2O2S2/c1-13-11-16(14(2)25-13)17(23)4-6-19(24)22-9-7-21(8-10-22)12-15-3-5-18(20)26-15/h3,5,11H,4,6-10,12H2,1-2H3. The zero-order valence-electron chi connectivity index (χ0n) is 15.1. The van der Waals surface area contributed by atoms with E-state index in [9.17, 15) is 9.59 Å². The van der Waals surface area contributed by atoms with Crippen molar-refractivity contribution in [1.29, 1.82) is 0 Å². The van der Waals surface area contributed by atoms with Gasteiger partial charge in [-0.1, -0.05) is 0 Å². The summed E-state index contributed by atoms with van der Waals surface area (Å²) in [6, 6.07) is 6.16. The lowest BCUT2D eigenvalue weighted by atomic mass is 10.1. The van der Waals surface area contributed by atoms with Crippen molar-refractivity contribution in [1.82, 2.24) is 9.80 Å². The Labute approximate surface area is 170 Å². The molecule has 4 nitrogen and oxygen atoms in total. The molecule has 7 heteroatoms. The third-order valence-corrected chi connectivity index (χ3v) is 7.21. The molecule has 0 aromatic carbocycles. The number of nitrogens with zero attached hydrogens (tertiary/aromatic N) is 2. The van der Waals surface area contributed by atoms with Gasteiger partial charge in [0.1, 0.15) is 0 Å². The van der Waals surface area contributed by atoms with Gasteiger partial charge in [0.15, 0.2) is 5.78 Å². The Bertz CT molecular complexity index is 791. The van der Waals surface area contributed by atoms with E-state index < -0.39 is 0 Å². The maximum atomic E-state index is 12.4. The summed E-state index contributed by atoms with van der Waals surface area (Å²) in [7, 11) is 0. The van der Waals surface area contributed by atoms with E-state index >= 15 is 0 Å². The van der Waals surface area contributed by atoms with Gasteiger partial charge in [0.2, 0.25) is 5.91 Å². The fourth-order valence-corrected chi connectivity index (χ4v) is 5.70. The van der Waals surface area contributed by atoms with Gasteiger partial charge in [-0.2, -0.15) is 0 Å². The number of ketones is 1. The molecule has 0 bridgehead atoms. The third-order valence-electron chi connectivity index (χ3n) is 4.64. The molecule has 1 aliphatic heterocycles. The molecule has 26 heavy (non-hydrogen) atoms. The average Bonchev–Trinajstić information content (AvgIpc) is 3.17. The first-order chi connectivity index (χ1) is 12.4. The maximum Gasteiger partial charge on any atom is 0.223 e. The van der Waals surface area contributed by atoms with Crippen LogP contribution >= 0.6 is 38.6 Å². The molecule has 0 spiro atoms. The largest absolute Gasteiger partial charge is 0.340 e. The van der Waals surface area contributed by atoms with E-state index in [1.165, 1.54) is 4.88 Å². The van der Waals surface area contributed by atoms with Crippen molar-refractivity contribution in [3.63, 3.8) is 0 Å². The van der Waals surface area contributed by atoms with Crippen LogP contribution in [0.5, 0.6) is 0 Å². The normalized spacial score (nSPS) is 15.4. The summed E-state index contributed by atoms with van der Waals surface area (Å²) in [5, 5.41) is 0. The van der Waals surface area contributed by atoms with E-state index in [-0.39, 0.29) is 11.7 Å². The smallest absolute Gasteiger partial charge is 0.223 e. The van der Waals surface area contributed by atoms with Crippen molar-refractivity contribution in [2.75, 3.05) is 26.2 Å². The number of aryl methyl sites for hydroxylation is 2. The van der Waals surface area contributed by atoms with Gasteiger partial charge in [0, 0.05) is 65.8 Å². The fraction of sp³-hybridized carbons (Fsp3) is 0.474. The van der Waals surface area contributed by atoms with Gasteiger partial charge >= 0.3 is 0 Å². The first-order valence-electron chi connectivity index (χ1n) is 8.77. The molecule has 2 aromatic heterocycles. The minimum Gasteiger partial charge on any atom is -0.340 e. The average molecular weight is 455 g/mol. The predicted octanol–water partition coefficient (Wildman–Crippen LogP) is 4.50. The summed E-state index contributed by atoms with van der Waals surface area (Å²) in [5.41, 5.74) is 0.784. The summed E-state index contributed by atoms with van der Waals surface area (Å²) in [6.07, 6.45) is 0.615. The highest BCUT2D eigenvalue weighted by Crippen LogP contribution is 2.24. The highest BCUT2D eigenvalue weighted by molar-refractivity contribution is 9.11. The first kappa shape index (κ1) is 19.7. The van der Waals surface area contributed by atoms with Gasteiger partial charge < -0.3 is 4.90 Å². The monoisotopic (exact) mass is 454 g/mol. The summed E-state index contributed by atoms with van der Waals surface area (Å²) >= 11 is 6.89. The highest BCUT2D eigenvalue weighted by atomic mass is 79.9. The van der Waals surface area contributed by atoms with Gasteiger partial charge in [0.05, 0.1) is 3.79 Å². The second kappa shape index (κ2) is 8.78. The molecule has 0 unspecified atom stereocenters. The Balaban J connectivity index is 1.43. The topological polar surface area (TPSA) is 40.6 Å². The molecule has 0 aliphatic carbocycles. The Morgan fingerprint density at radius 1 is 1.08 bits per heavy atom. The maximum absolute atomic E-state index is 12.4. The summed E-state index contributed by atoms with van der Waals surface area (Å²) in [5.74, 6) is 0.184. The molecule has 0 radical (unpaired) electrons. The fourth-order valence-electron chi connectivity index (χ4n) is 3.23. The minimum atomic E-state index is 0.0853. The number of hydrogen-bond donors (Lipinski definition) is 0. The number of piperazine rings is 1. The third kappa shape index (κ3) is 5.03. The minimum absolute atomic E-state index is 0.0853. The summed E-state index contributed by atoms with van der Waals surface area (Å²) in [6.45, 7) is 8.18. The van der Waals surface area contributed by atoms with Crippen molar-refractivity contribution >= 4 is 50.3 Å².